The van der Waals surface area contributed by atoms with E-state index in [1.807, 2.05) is 25.1 Å². The number of rotatable bonds is 7. The van der Waals surface area contributed by atoms with E-state index >= 15 is 0 Å². The molecule has 0 saturated carbocycles. The number of halogens is 1. The number of benzene rings is 2. The average molecular weight is 565 g/mol. The molecule has 3 heterocycles. The molecule has 10 heteroatoms. The number of hydrogen-bond acceptors (Lipinski definition) is 5. The van der Waals surface area contributed by atoms with Crippen molar-refractivity contribution in [3.05, 3.63) is 88.3 Å². The maximum atomic E-state index is 12.9. The number of nitrogens with zero attached hydrogens (tertiary/aromatic N) is 3. The van der Waals surface area contributed by atoms with Crippen LogP contribution in [0, 0.1) is 6.92 Å². The smallest absolute Gasteiger partial charge is 0.336 e. The lowest BCUT2D eigenvalue weighted by atomic mass is 10.0. The quantitative estimate of drug-likeness (QED) is 0.266. The molecule has 0 amide bonds. The van der Waals surface area contributed by atoms with Gasteiger partial charge in [-0.05, 0) is 55.5 Å². The fraction of sp³-hybridized carbons (Fsp3) is 0.115. The van der Waals surface area contributed by atoms with E-state index in [-0.39, 0.29) is 22.8 Å². The number of carbonyl (C=O) groups is 1. The second-order valence-electron chi connectivity index (χ2n) is 8.37. The van der Waals surface area contributed by atoms with E-state index in [1.165, 1.54) is 10.8 Å². The summed E-state index contributed by atoms with van der Waals surface area (Å²) in [7, 11) is -3.54. The van der Waals surface area contributed by atoms with E-state index in [1.54, 1.807) is 48.8 Å². The summed E-state index contributed by atoms with van der Waals surface area (Å²) in [5.41, 5.74) is 3.24. The fourth-order valence-corrected chi connectivity index (χ4v) is 5.63. The number of aryl methyl sites for hydroxylation is 2. The van der Waals surface area contributed by atoms with E-state index in [0.29, 0.717) is 22.3 Å². The van der Waals surface area contributed by atoms with Gasteiger partial charge in [-0.3, -0.25) is 0 Å². The van der Waals surface area contributed by atoms with Gasteiger partial charge in [0.05, 0.1) is 28.5 Å². The largest absolute Gasteiger partial charge is 0.478 e. The highest BCUT2D eigenvalue weighted by atomic mass is 79.9. The number of pyridine rings is 1. The van der Waals surface area contributed by atoms with Crippen LogP contribution in [0.5, 0.6) is 0 Å². The molecule has 2 aromatic carbocycles. The zero-order valence-corrected chi connectivity index (χ0v) is 21.5. The summed E-state index contributed by atoms with van der Waals surface area (Å²) in [6.07, 6.45) is 4.75. The molecular weight excluding hydrogens is 544 g/mol. The van der Waals surface area contributed by atoms with Crippen LogP contribution in [-0.2, 0) is 21.2 Å². The third-order valence-corrected chi connectivity index (χ3v) is 8.14. The molecule has 0 aliphatic heterocycles. The molecule has 0 atom stereocenters. The van der Waals surface area contributed by atoms with Crippen molar-refractivity contribution in [2.45, 2.75) is 18.4 Å². The Morgan fingerprint density at radius 2 is 1.92 bits per heavy atom. The van der Waals surface area contributed by atoms with Crippen LogP contribution < -0.4 is 0 Å². The van der Waals surface area contributed by atoms with Crippen molar-refractivity contribution in [3.63, 3.8) is 0 Å². The van der Waals surface area contributed by atoms with Gasteiger partial charge in [0.1, 0.15) is 0 Å². The lowest BCUT2D eigenvalue weighted by Gasteiger charge is -2.06. The molecule has 5 aromatic rings. The third kappa shape index (κ3) is 4.57. The first kappa shape index (κ1) is 24.0. The number of nitrogens with one attached hydrogen (secondary N) is 1. The number of hydrogen-bond donors (Lipinski definition) is 2. The Morgan fingerprint density at radius 3 is 2.67 bits per heavy atom. The Kier molecular flexibility index (Phi) is 6.23. The van der Waals surface area contributed by atoms with Gasteiger partial charge in [0.15, 0.2) is 15.5 Å². The first-order chi connectivity index (χ1) is 17.2. The Balaban J connectivity index is 1.55. The summed E-state index contributed by atoms with van der Waals surface area (Å²) in [5.74, 6) is -1.28. The predicted octanol–water partition coefficient (Wildman–Crippen LogP) is 5.08. The second-order valence-corrected chi connectivity index (χ2v) is 11.4. The molecule has 2 N–H and O–H groups in total. The van der Waals surface area contributed by atoms with Crippen molar-refractivity contribution in [2.75, 3.05) is 5.75 Å². The monoisotopic (exact) mass is 564 g/mol. The number of carboxylic acid groups (broad SMARTS) is 1. The highest BCUT2D eigenvalue weighted by Gasteiger charge is 2.20. The van der Waals surface area contributed by atoms with Crippen molar-refractivity contribution in [3.8, 4) is 0 Å². The van der Waals surface area contributed by atoms with Gasteiger partial charge in [0.25, 0.3) is 0 Å². The lowest BCUT2D eigenvalue weighted by Crippen LogP contribution is -2.14. The van der Waals surface area contributed by atoms with Crippen LogP contribution in [0.25, 0.3) is 33.6 Å². The highest BCUT2D eigenvalue weighted by Crippen LogP contribution is 2.30. The standard InChI is InChI=1S/C26H21BrN4O4S/c1-16-4-7-18(8-5-16)36(34,35)12-11-31-25-19(3-2-10-28-25)24(30-31)14-21(26(32)33)22-15-29-23-9-6-17(27)13-20(22)23/h2-10,13-15,29H,11-12H2,1H3,(H,32,33). The normalized spacial score (nSPS) is 12.4. The van der Waals surface area contributed by atoms with Gasteiger partial charge in [0.2, 0.25) is 0 Å². The van der Waals surface area contributed by atoms with Crippen LogP contribution in [0.2, 0.25) is 0 Å². The summed E-state index contributed by atoms with van der Waals surface area (Å²) in [4.78, 5) is 20.0. The second kappa shape index (κ2) is 9.36. The first-order valence-corrected chi connectivity index (χ1v) is 13.5. The average Bonchev–Trinajstić information content (AvgIpc) is 3.42. The van der Waals surface area contributed by atoms with Gasteiger partial charge >= 0.3 is 5.97 Å². The minimum Gasteiger partial charge on any atom is -0.478 e. The molecule has 0 fully saturated rings. The molecule has 0 radical (unpaired) electrons. The van der Waals surface area contributed by atoms with Crippen LogP contribution in [0.3, 0.4) is 0 Å². The van der Waals surface area contributed by atoms with Gasteiger partial charge in [-0.25, -0.2) is 22.9 Å². The van der Waals surface area contributed by atoms with Crippen molar-refractivity contribution < 1.29 is 18.3 Å². The molecule has 3 aromatic heterocycles. The predicted molar refractivity (Wildman–Crippen MR) is 142 cm³/mol. The van der Waals surface area contributed by atoms with E-state index < -0.39 is 15.8 Å². The first-order valence-electron chi connectivity index (χ1n) is 11.1. The molecule has 0 bridgehead atoms. The molecule has 36 heavy (non-hydrogen) atoms. The number of aliphatic carboxylic acids is 1. The third-order valence-electron chi connectivity index (χ3n) is 5.93. The molecule has 0 unspecified atom stereocenters. The molecular formula is C26H21BrN4O4S. The molecule has 0 aliphatic rings. The minimum atomic E-state index is -3.54. The zero-order valence-electron chi connectivity index (χ0n) is 19.1. The summed E-state index contributed by atoms with van der Waals surface area (Å²) < 4.78 is 28.1. The SMILES string of the molecule is Cc1ccc(S(=O)(=O)CCn2nc(C=C(C(=O)O)c3c[nH]c4ccc(Br)cc34)c3cccnc32)cc1. The van der Waals surface area contributed by atoms with Crippen LogP contribution >= 0.6 is 15.9 Å². The number of H-pyrrole nitrogens is 1. The number of fused-ring (bicyclic) bond motifs is 2. The minimum absolute atomic E-state index is 0.0574. The number of aromatic amines is 1. The van der Waals surface area contributed by atoms with Gasteiger partial charge in [-0.1, -0.05) is 33.6 Å². The number of aromatic nitrogens is 4. The van der Waals surface area contributed by atoms with Crippen LogP contribution in [-0.4, -0.2) is 45.0 Å². The summed E-state index contributed by atoms with van der Waals surface area (Å²) >= 11 is 3.44. The van der Waals surface area contributed by atoms with Gasteiger partial charge in [0, 0.05) is 38.7 Å². The molecule has 0 saturated heterocycles. The lowest BCUT2D eigenvalue weighted by molar-refractivity contribution is -0.130. The van der Waals surface area contributed by atoms with Gasteiger partial charge in [-0.15, -0.1) is 0 Å². The zero-order chi connectivity index (χ0) is 25.4. The highest BCUT2D eigenvalue weighted by molar-refractivity contribution is 9.10. The fourth-order valence-electron chi connectivity index (χ4n) is 4.07. The number of sulfone groups is 1. The molecule has 0 aliphatic carbocycles. The number of carboxylic acids is 1. The summed E-state index contributed by atoms with van der Waals surface area (Å²) in [6, 6.07) is 15.8. The van der Waals surface area contributed by atoms with Crippen molar-refractivity contribution in [1.29, 1.82) is 0 Å². The van der Waals surface area contributed by atoms with Gasteiger partial charge < -0.3 is 10.1 Å². The van der Waals surface area contributed by atoms with Crippen LogP contribution in [0.15, 0.2) is 76.4 Å². The van der Waals surface area contributed by atoms with Crippen molar-refractivity contribution in [1.82, 2.24) is 19.7 Å². The Hall–Kier alpha value is -3.76. The summed E-state index contributed by atoms with van der Waals surface area (Å²) in [5, 5.41) is 16.0. The van der Waals surface area contributed by atoms with E-state index in [9.17, 15) is 18.3 Å². The maximum Gasteiger partial charge on any atom is 0.336 e. The molecule has 5 rings (SSSR count). The van der Waals surface area contributed by atoms with E-state index in [2.05, 4.69) is 31.0 Å². The van der Waals surface area contributed by atoms with E-state index in [4.69, 9.17) is 0 Å². The van der Waals surface area contributed by atoms with E-state index in [0.717, 1.165) is 20.9 Å². The summed E-state index contributed by atoms with van der Waals surface area (Å²) in [6.45, 7) is 1.97. The Morgan fingerprint density at radius 1 is 1.14 bits per heavy atom. The molecule has 8 nitrogen and oxygen atoms in total. The van der Waals surface area contributed by atoms with Crippen LogP contribution in [0.4, 0.5) is 0 Å². The van der Waals surface area contributed by atoms with Crippen molar-refractivity contribution in [2.24, 2.45) is 0 Å². The van der Waals surface area contributed by atoms with Gasteiger partial charge in [-0.2, -0.15) is 5.10 Å². The molecule has 0 spiro atoms. The topological polar surface area (TPSA) is 118 Å². The molecule has 182 valence electrons. The maximum absolute atomic E-state index is 12.9. The Labute approximate surface area is 215 Å². The van der Waals surface area contributed by atoms with Crippen LogP contribution in [0.1, 0.15) is 16.8 Å². The van der Waals surface area contributed by atoms with Crippen molar-refractivity contribution >= 4 is 65.3 Å². The Bertz CT molecular complexity index is 1750.